The van der Waals surface area contributed by atoms with Gasteiger partial charge in [-0.1, -0.05) is 72.6 Å². The molecule has 10 heteroatoms. The van der Waals surface area contributed by atoms with Gasteiger partial charge in [-0.2, -0.15) is 0 Å². The van der Waals surface area contributed by atoms with Crippen LogP contribution in [0.2, 0.25) is 10.0 Å². The molecule has 0 unspecified atom stereocenters. The molecule has 0 spiro atoms. The highest BCUT2D eigenvalue weighted by Crippen LogP contribution is 2.26. The lowest BCUT2D eigenvalue weighted by Gasteiger charge is -2.33. The smallest absolute Gasteiger partial charge is 0.243 e. The van der Waals surface area contributed by atoms with Crippen LogP contribution in [0, 0.1) is 13.8 Å². The number of anilines is 1. The molecule has 0 aliphatic heterocycles. The third-order valence-electron chi connectivity index (χ3n) is 7.27. The van der Waals surface area contributed by atoms with Gasteiger partial charge in [-0.25, -0.2) is 8.42 Å². The van der Waals surface area contributed by atoms with Gasteiger partial charge < -0.3 is 10.2 Å². The van der Waals surface area contributed by atoms with Gasteiger partial charge in [0.2, 0.25) is 21.8 Å². The molecule has 2 amide bonds. The van der Waals surface area contributed by atoms with E-state index in [1.807, 2.05) is 76.2 Å². The molecule has 3 aromatic rings. The van der Waals surface area contributed by atoms with Gasteiger partial charge in [-0.15, -0.1) is 0 Å². The topological polar surface area (TPSA) is 86.8 Å². The first-order valence-corrected chi connectivity index (χ1v) is 17.0. The Balaban J connectivity index is 1.93. The van der Waals surface area contributed by atoms with Gasteiger partial charge in [0.1, 0.15) is 6.04 Å². The summed E-state index contributed by atoms with van der Waals surface area (Å²) < 4.78 is 26.8. The van der Waals surface area contributed by atoms with Crippen molar-refractivity contribution in [3.63, 3.8) is 0 Å². The van der Waals surface area contributed by atoms with Crippen LogP contribution in [-0.4, -0.2) is 50.0 Å². The van der Waals surface area contributed by atoms with E-state index in [4.69, 9.17) is 23.2 Å². The van der Waals surface area contributed by atoms with E-state index in [1.54, 1.807) is 23.1 Å². The quantitative estimate of drug-likeness (QED) is 0.211. The Morgan fingerprint density at radius 1 is 0.953 bits per heavy atom. The number of nitrogens with zero attached hydrogens (tertiary/aromatic N) is 2. The minimum Gasteiger partial charge on any atom is -0.352 e. The van der Waals surface area contributed by atoms with Crippen molar-refractivity contribution in [3.8, 4) is 0 Å². The van der Waals surface area contributed by atoms with Crippen LogP contribution in [0.15, 0.2) is 66.7 Å². The number of amides is 2. The number of halogens is 2. The molecule has 7 nitrogen and oxygen atoms in total. The lowest BCUT2D eigenvalue weighted by Crippen LogP contribution is -2.52. The molecule has 43 heavy (non-hydrogen) atoms. The average Bonchev–Trinajstić information content (AvgIpc) is 2.93. The predicted octanol–water partition coefficient (Wildman–Crippen LogP) is 6.71. The summed E-state index contributed by atoms with van der Waals surface area (Å²) in [6.07, 6.45) is 2.49. The molecule has 2 atom stereocenters. The van der Waals surface area contributed by atoms with E-state index >= 15 is 0 Å². The Morgan fingerprint density at radius 3 is 2.19 bits per heavy atom. The molecule has 232 valence electrons. The van der Waals surface area contributed by atoms with Crippen molar-refractivity contribution < 1.29 is 18.0 Å². The van der Waals surface area contributed by atoms with E-state index in [1.165, 1.54) is 4.31 Å². The zero-order valence-corrected chi connectivity index (χ0v) is 27.8. The molecule has 0 saturated carbocycles. The number of hydrogen-bond acceptors (Lipinski definition) is 4. The van der Waals surface area contributed by atoms with E-state index in [2.05, 4.69) is 5.32 Å². The molecule has 1 N–H and O–H groups in total. The number of aryl methyl sites for hydroxylation is 2. The summed E-state index contributed by atoms with van der Waals surface area (Å²) in [5.74, 6) is -0.537. The van der Waals surface area contributed by atoms with E-state index in [9.17, 15) is 18.0 Å². The van der Waals surface area contributed by atoms with E-state index < -0.39 is 16.1 Å². The van der Waals surface area contributed by atoms with Crippen molar-refractivity contribution in [3.05, 3.63) is 99.0 Å². The van der Waals surface area contributed by atoms with Crippen molar-refractivity contribution in [2.75, 3.05) is 17.1 Å². The van der Waals surface area contributed by atoms with Crippen molar-refractivity contribution in [2.45, 2.75) is 72.0 Å². The van der Waals surface area contributed by atoms with Gasteiger partial charge in [0.05, 0.1) is 11.9 Å². The van der Waals surface area contributed by atoms with Crippen LogP contribution in [0.1, 0.15) is 55.4 Å². The number of carbonyl (C=O) groups excluding carboxylic acids is 2. The molecule has 3 rings (SSSR count). The number of sulfonamides is 1. The maximum absolute atomic E-state index is 14.0. The highest BCUT2D eigenvalue weighted by molar-refractivity contribution is 7.92. The largest absolute Gasteiger partial charge is 0.352 e. The van der Waals surface area contributed by atoms with E-state index in [-0.39, 0.29) is 43.8 Å². The van der Waals surface area contributed by atoms with Gasteiger partial charge in [0, 0.05) is 42.0 Å². The lowest BCUT2D eigenvalue weighted by molar-refractivity contribution is -0.141. The van der Waals surface area contributed by atoms with Crippen molar-refractivity contribution in [1.29, 1.82) is 0 Å². The molecular formula is C33H41Cl2N3O4S. The second kappa shape index (κ2) is 15.6. The molecule has 3 aromatic carbocycles. The summed E-state index contributed by atoms with van der Waals surface area (Å²) in [6, 6.07) is 19.3. The van der Waals surface area contributed by atoms with Gasteiger partial charge in [0.15, 0.2) is 0 Å². The van der Waals surface area contributed by atoms with Gasteiger partial charge in [-0.05, 0) is 80.1 Å². The molecule has 0 fully saturated rings. The Morgan fingerprint density at radius 2 is 1.60 bits per heavy atom. The van der Waals surface area contributed by atoms with Crippen LogP contribution >= 0.6 is 23.2 Å². The van der Waals surface area contributed by atoms with Crippen molar-refractivity contribution >= 4 is 50.7 Å². The highest BCUT2D eigenvalue weighted by atomic mass is 35.5. The Bertz CT molecular complexity index is 1500. The minimum atomic E-state index is -3.60. The third-order valence-corrected chi connectivity index (χ3v) is 9.06. The Kier molecular flexibility index (Phi) is 12.5. The molecule has 0 saturated heterocycles. The molecule has 0 aromatic heterocycles. The Labute approximate surface area is 266 Å². The highest BCUT2D eigenvalue weighted by Gasteiger charge is 2.31. The summed E-state index contributed by atoms with van der Waals surface area (Å²) in [4.78, 5) is 29.3. The first kappa shape index (κ1) is 34.4. The fraction of sp³-hybridized carbons (Fsp3) is 0.394. The fourth-order valence-corrected chi connectivity index (χ4v) is 6.34. The SMILES string of the molecule is CC[C@H](C)NC(=O)[C@H](Cc1ccccc1)N(Cc1ccc(Cl)cc1Cl)C(=O)CCCN(c1cc(C)cc(C)c1)S(C)(=O)=O. The maximum atomic E-state index is 14.0. The molecule has 0 bridgehead atoms. The predicted molar refractivity (Wildman–Crippen MR) is 176 cm³/mol. The van der Waals surface area contributed by atoms with Crippen LogP contribution in [-0.2, 0) is 32.6 Å². The molecule has 0 heterocycles. The maximum Gasteiger partial charge on any atom is 0.243 e. The van der Waals surface area contributed by atoms with Crippen molar-refractivity contribution in [1.82, 2.24) is 10.2 Å². The van der Waals surface area contributed by atoms with Gasteiger partial charge in [-0.3, -0.25) is 13.9 Å². The Hall–Kier alpha value is -3.07. The first-order chi connectivity index (χ1) is 20.3. The molecule has 0 aliphatic rings. The summed E-state index contributed by atoms with van der Waals surface area (Å²) in [5.41, 5.74) is 4.02. The number of carbonyl (C=O) groups is 2. The van der Waals surface area contributed by atoms with Crippen LogP contribution < -0.4 is 9.62 Å². The van der Waals surface area contributed by atoms with E-state index in [0.717, 1.165) is 29.4 Å². The van der Waals surface area contributed by atoms with Gasteiger partial charge in [0.25, 0.3) is 0 Å². The number of rotatable bonds is 14. The average molecular weight is 647 g/mol. The standard InChI is InChI=1S/C33H41Cl2N3O4S/c1-6-25(4)36-33(40)31(20-26-11-8-7-9-12-26)37(22-27-14-15-28(34)21-30(27)35)32(39)13-10-16-38(43(5,41)42)29-18-23(2)17-24(3)19-29/h7-9,11-12,14-15,17-19,21,25,31H,6,10,13,16,20,22H2,1-5H3,(H,36,40)/t25-,31-/m0/s1. The molecule has 0 aliphatic carbocycles. The third kappa shape index (κ3) is 10.3. The molecular weight excluding hydrogens is 605 g/mol. The number of benzene rings is 3. The number of nitrogens with one attached hydrogen (secondary N) is 1. The normalized spacial score (nSPS) is 12.8. The van der Waals surface area contributed by atoms with Crippen LogP contribution in [0.3, 0.4) is 0 Å². The zero-order chi connectivity index (χ0) is 31.7. The first-order valence-electron chi connectivity index (χ1n) is 14.4. The monoisotopic (exact) mass is 645 g/mol. The zero-order valence-electron chi connectivity index (χ0n) is 25.4. The van der Waals surface area contributed by atoms with E-state index in [0.29, 0.717) is 27.7 Å². The minimum absolute atomic E-state index is 0.0317. The number of hydrogen-bond donors (Lipinski definition) is 1. The summed E-state index contributed by atoms with van der Waals surface area (Å²) >= 11 is 12.7. The van der Waals surface area contributed by atoms with Crippen LogP contribution in [0.4, 0.5) is 5.69 Å². The summed E-state index contributed by atoms with van der Waals surface area (Å²) in [6.45, 7) is 7.94. The summed E-state index contributed by atoms with van der Waals surface area (Å²) in [7, 11) is -3.60. The van der Waals surface area contributed by atoms with Crippen LogP contribution in [0.5, 0.6) is 0 Å². The molecule has 0 radical (unpaired) electrons. The second-order valence-electron chi connectivity index (χ2n) is 11.1. The fourth-order valence-electron chi connectivity index (χ4n) is 4.93. The van der Waals surface area contributed by atoms with Gasteiger partial charge >= 0.3 is 0 Å². The summed E-state index contributed by atoms with van der Waals surface area (Å²) in [5, 5.41) is 3.91. The lowest BCUT2D eigenvalue weighted by atomic mass is 10.0. The van der Waals surface area contributed by atoms with Crippen molar-refractivity contribution in [2.24, 2.45) is 0 Å². The second-order valence-corrected chi connectivity index (χ2v) is 13.8. The van der Waals surface area contributed by atoms with Crippen LogP contribution in [0.25, 0.3) is 0 Å².